The SMILES string of the molecule is CCS(=O)(=O)NC[C@@H]1CCCC2(S(=O)(=O)c3ccc(Cl)cc3)c3c(F)ccc(F)c3OC[C@@H]12. The van der Waals surface area contributed by atoms with E-state index in [2.05, 4.69) is 4.72 Å². The van der Waals surface area contributed by atoms with Crippen LogP contribution in [0.1, 0.15) is 31.7 Å². The molecular weight excluding hydrogens is 496 g/mol. The summed E-state index contributed by atoms with van der Waals surface area (Å²) < 4.78 is 88.7. The van der Waals surface area contributed by atoms with Crippen molar-refractivity contribution in [2.45, 2.75) is 35.8 Å². The highest BCUT2D eigenvalue weighted by atomic mass is 35.5. The van der Waals surface area contributed by atoms with Crippen LogP contribution in [0, 0.1) is 23.5 Å². The molecule has 1 N–H and O–H groups in total. The number of hydrogen-bond donors (Lipinski definition) is 1. The van der Waals surface area contributed by atoms with E-state index in [4.69, 9.17) is 16.3 Å². The smallest absolute Gasteiger partial charge is 0.211 e. The molecule has 180 valence electrons. The minimum atomic E-state index is -4.27. The average molecular weight is 520 g/mol. The van der Waals surface area contributed by atoms with Gasteiger partial charge in [-0.05, 0) is 62.1 Å². The molecule has 0 saturated heterocycles. The third-order valence-corrected chi connectivity index (χ3v) is 10.9. The summed E-state index contributed by atoms with van der Waals surface area (Å²) in [6, 6.07) is 7.36. The van der Waals surface area contributed by atoms with Crippen LogP contribution in [-0.4, -0.2) is 35.7 Å². The lowest BCUT2D eigenvalue weighted by Crippen LogP contribution is -2.55. The predicted molar refractivity (Wildman–Crippen MR) is 120 cm³/mol. The molecule has 0 aromatic heterocycles. The van der Waals surface area contributed by atoms with Gasteiger partial charge >= 0.3 is 0 Å². The van der Waals surface area contributed by atoms with Crippen molar-refractivity contribution in [1.82, 2.24) is 4.72 Å². The van der Waals surface area contributed by atoms with Crippen molar-refractivity contribution in [3.8, 4) is 5.75 Å². The molecule has 1 fully saturated rings. The summed E-state index contributed by atoms with van der Waals surface area (Å²) in [5.74, 6) is -3.50. The van der Waals surface area contributed by atoms with E-state index < -0.39 is 53.8 Å². The minimum absolute atomic E-state index is 0.0195. The Labute approximate surface area is 197 Å². The summed E-state index contributed by atoms with van der Waals surface area (Å²) in [6.07, 6.45) is 0.956. The second-order valence-corrected chi connectivity index (χ2v) is 13.1. The van der Waals surface area contributed by atoms with Gasteiger partial charge in [0.1, 0.15) is 10.6 Å². The molecule has 2 aromatic carbocycles. The third kappa shape index (κ3) is 4.05. The predicted octanol–water partition coefficient (Wildman–Crippen LogP) is 4.04. The maximum Gasteiger partial charge on any atom is 0.211 e. The first-order chi connectivity index (χ1) is 15.5. The topological polar surface area (TPSA) is 89.5 Å². The lowest BCUT2D eigenvalue weighted by molar-refractivity contribution is 0.0771. The fourth-order valence-corrected chi connectivity index (χ4v) is 8.33. The van der Waals surface area contributed by atoms with Gasteiger partial charge < -0.3 is 4.74 Å². The standard InChI is InChI=1S/C22H24ClF2NO5S2/c1-2-32(27,28)26-12-14-4-3-11-22(33(29,30)16-7-5-15(23)6-8-16)17(14)13-31-21-19(25)10-9-18(24)20(21)22/h5-10,14,17,26H,2-4,11-13H2,1H3/t14-,17-,22?/m0/s1. The summed E-state index contributed by atoms with van der Waals surface area (Å²) in [6.45, 7) is 1.30. The number of sulfone groups is 1. The third-order valence-electron chi connectivity index (χ3n) is 6.73. The van der Waals surface area contributed by atoms with E-state index in [-0.39, 0.29) is 35.8 Å². The van der Waals surface area contributed by atoms with Crippen molar-refractivity contribution in [3.63, 3.8) is 0 Å². The van der Waals surface area contributed by atoms with Gasteiger partial charge in [-0.25, -0.2) is 30.3 Å². The van der Waals surface area contributed by atoms with Gasteiger partial charge in [-0.15, -0.1) is 0 Å². The zero-order valence-electron chi connectivity index (χ0n) is 17.9. The number of sulfonamides is 1. The van der Waals surface area contributed by atoms with Crippen molar-refractivity contribution >= 4 is 31.5 Å². The maximum atomic E-state index is 15.3. The first-order valence-electron chi connectivity index (χ1n) is 10.6. The number of fused-ring (bicyclic) bond motifs is 3. The summed E-state index contributed by atoms with van der Waals surface area (Å²) in [7, 11) is -7.80. The second-order valence-electron chi connectivity index (χ2n) is 8.40. The Morgan fingerprint density at radius 3 is 2.42 bits per heavy atom. The molecule has 33 heavy (non-hydrogen) atoms. The normalized spacial score (nSPS) is 25.1. The summed E-state index contributed by atoms with van der Waals surface area (Å²) >= 11 is 5.94. The molecule has 3 atom stereocenters. The van der Waals surface area contributed by atoms with E-state index in [0.717, 1.165) is 12.1 Å². The monoisotopic (exact) mass is 519 g/mol. The first kappa shape index (κ1) is 24.4. The lowest BCUT2D eigenvalue weighted by atomic mass is 9.67. The van der Waals surface area contributed by atoms with Gasteiger partial charge in [0.15, 0.2) is 21.4 Å². The Kier molecular flexibility index (Phi) is 6.50. The molecule has 1 heterocycles. The van der Waals surface area contributed by atoms with Crippen molar-refractivity contribution in [3.05, 3.63) is 58.6 Å². The van der Waals surface area contributed by atoms with Gasteiger partial charge in [-0.2, -0.15) is 0 Å². The Hall–Kier alpha value is -1.75. The lowest BCUT2D eigenvalue weighted by Gasteiger charge is -2.50. The fraction of sp³-hybridized carbons (Fsp3) is 0.455. The molecule has 0 bridgehead atoms. The number of rotatable bonds is 6. The molecule has 6 nitrogen and oxygen atoms in total. The van der Waals surface area contributed by atoms with Crippen LogP contribution in [0.5, 0.6) is 5.75 Å². The van der Waals surface area contributed by atoms with Crippen molar-refractivity contribution in [2.75, 3.05) is 18.9 Å². The highest BCUT2D eigenvalue weighted by Gasteiger charge is 2.60. The van der Waals surface area contributed by atoms with Crippen LogP contribution in [0.2, 0.25) is 5.02 Å². The quantitative estimate of drug-likeness (QED) is 0.622. The second kappa shape index (κ2) is 8.79. The van der Waals surface area contributed by atoms with E-state index in [0.29, 0.717) is 17.9 Å². The Morgan fingerprint density at radius 2 is 1.76 bits per heavy atom. The van der Waals surface area contributed by atoms with Crippen LogP contribution < -0.4 is 9.46 Å². The van der Waals surface area contributed by atoms with Gasteiger partial charge in [-0.3, -0.25) is 0 Å². The molecule has 0 spiro atoms. The van der Waals surface area contributed by atoms with Crippen molar-refractivity contribution < 1.29 is 30.4 Å². The largest absolute Gasteiger partial charge is 0.490 e. The molecule has 1 unspecified atom stereocenters. The van der Waals surface area contributed by atoms with Crippen molar-refractivity contribution in [1.29, 1.82) is 0 Å². The molecular formula is C22H24ClF2NO5S2. The van der Waals surface area contributed by atoms with Crippen LogP contribution in [0.3, 0.4) is 0 Å². The van der Waals surface area contributed by atoms with Crippen LogP contribution in [0.15, 0.2) is 41.3 Å². The number of hydrogen-bond acceptors (Lipinski definition) is 5. The van der Waals surface area contributed by atoms with Gasteiger partial charge in [0.25, 0.3) is 0 Å². The van der Waals surface area contributed by atoms with Gasteiger partial charge in [-0.1, -0.05) is 18.0 Å². The number of ether oxygens (including phenoxy) is 1. The molecule has 11 heteroatoms. The molecule has 1 aliphatic heterocycles. The fourth-order valence-electron chi connectivity index (χ4n) is 5.09. The van der Waals surface area contributed by atoms with Crippen LogP contribution in [0.4, 0.5) is 8.78 Å². The Morgan fingerprint density at radius 1 is 1.09 bits per heavy atom. The van der Waals surface area contributed by atoms with Gasteiger partial charge in [0.05, 0.1) is 22.8 Å². The average Bonchev–Trinajstić information content (AvgIpc) is 2.79. The van der Waals surface area contributed by atoms with E-state index in [1.807, 2.05) is 0 Å². The zero-order chi connectivity index (χ0) is 24.0. The zero-order valence-corrected chi connectivity index (χ0v) is 20.2. The maximum absolute atomic E-state index is 15.3. The molecule has 2 aromatic rings. The van der Waals surface area contributed by atoms with E-state index in [1.165, 1.54) is 31.2 Å². The van der Waals surface area contributed by atoms with Gasteiger partial charge in [0.2, 0.25) is 10.0 Å². The van der Waals surface area contributed by atoms with Crippen LogP contribution >= 0.6 is 11.6 Å². The highest BCUT2D eigenvalue weighted by molar-refractivity contribution is 7.92. The van der Waals surface area contributed by atoms with Gasteiger partial charge in [0, 0.05) is 17.5 Å². The number of benzene rings is 2. The Balaban J connectivity index is 1.92. The molecule has 0 radical (unpaired) electrons. The number of halogens is 3. The van der Waals surface area contributed by atoms with E-state index in [1.54, 1.807) is 0 Å². The molecule has 0 amide bonds. The van der Waals surface area contributed by atoms with E-state index >= 15 is 4.39 Å². The summed E-state index contributed by atoms with van der Waals surface area (Å²) in [5.41, 5.74) is -0.322. The van der Waals surface area contributed by atoms with Crippen LogP contribution in [-0.2, 0) is 24.6 Å². The molecule has 2 aliphatic rings. The Bertz CT molecular complexity index is 1270. The minimum Gasteiger partial charge on any atom is -0.490 e. The highest BCUT2D eigenvalue weighted by Crippen LogP contribution is 2.58. The van der Waals surface area contributed by atoms with E-state index in [9.17, 15) is 21.2 Å². The summed E-state index contributed by atoms with van der Waals surface area (Å²) in [4.78, 5) is -0.0665. The molecule has 1 saturated carbocycles. The van der Waals surface area contributed by atoms with Crippen LogP contribution in [0.25, 0.3) is 0 Å². The molecule has 4 rings (SSSR count). The number of nitrogens with one attached hydrogen (secondary N) is 1. The molecule has 1 aliphatic carbocycles. The summed E-state index contributed by atoms with van der Waals surface area (Å²) in [5, 5.41) is 0.336. The van der Waals surface area contributed by atoms with Crippen molar-refractivity contribution in [2.24, 2.45) is 11.8 Å². The first-order valence-corrected chi connectivity index (χ1v) is 14.1.